The normalized spacial score (nSPS) is 31.1. The van der Waals surface area contributed by atoms with Gasteiger partial charge in [-0.3, -0.25) is 4.79 Å². The quantitative estimate of drug-likeness (QED) is 0.896. The molecule has 2 aliphatic rings. The maximum atomic E-state index is 12.4. The summed E-state index contributed by atoms with van der Waals surface area (Å²) in [5.74, 6) is 1.41. The standard InChI is InChI=1S/C19H28N2O/c1-12(2)13-3-5-14(6-4-13)17-11-18(17)19(22)21-16-9-7-15(20)8-10-16/h3-6,12,15-18H,7-11,20H2,1-2H3,(H,21,22). The summed E-state index contributed by atoms with van der Waals surface area (Å²) in [7, 11) is 0. The smallest absolute Gasteiger partial charge is 0.223 e. The topological polar surface area (TPSA) is 55.1 Å². The highest BCUT2D eigenvalue weighted by Gasteiger charge is 2.44. The van der Waals surface area contributed by atoms with E-state index in [0.717, 1.165) is 32.1 Å². The van der Waals surface area contributed by atoms with Crippen molar-refractivity contribution >= 4 is 5.91 Å². The Bertz CT molecular complexity index is 515. The number of hydrogen-bond donors (Lipinski definition) is 2. The van der Waals surface area contributed by atoms with E-state index in [1.54, 1.807) is 0 Å². The van der Waals surface area contributed by atoms with Crippen LogP contribution >= 0.6 is 0 Å². The van der Waals surface area contributed by atoms with Crippen molar-refractivity contribution < 1.29 is 4.79 Å². The molecule has 2 saturated carbocycles. The molecular weight excluding hydrogens is 272 g/mol. The second-order valence-corrected chi connectivity index (χ2v) is 7.39. The zero-order valence-corrected chi connectivity index (χ0v) is 13.7. The van der Waals surface area contributed by atoms with Gasteiger partial charge < -0.3 is 11.1 Å². The minimum atomic E-state index is 0.181. The summed E-state index contributed by atoms with van der Waals surface area (Å²) >= 11 is 0. The minimum absolute atomic E-state index is 0.181. The van der Waals surface area contributed by atoms with Crippen molar-refractivity contribution in [1.82, 2.24) is 5.32 Å². The Balaban J connectivity index is 1.51. The van der Waals surface area contributed by atoms with Crippen LogP contribution in [0.2, 0.25) is 0 Å². The van der Waals surface area contributed by atoms with Gasteiger partial charge in [-0.15, -0.1) is 0 Å². The fraction of sp³-hybridized carbons (Fsp3) is 0.632. The molecule has 0 bridgehead atoms. The van der Waals surface area contributed by atoms with E-state index in [-0.39, 0.29) is 11.8 Å². The van der Waals surface area contributed by atoms with Crippen LogP contribution in [0.1, 0.15) is 68.9 Å². The van der Waals surface area contributed by atoms with Crippen LogP contribution in [-0.2, 0) is 4.79 Å². The first-order valence-electron chi connectivity index (χ1n) is 8.70. The lowest BCUT2D eigenvalue weighted by molar-refractivity contribution is -0.123. The van der Waals surface area contributed by atoms with Crippen LogP contribution in [-0.4, -0.2) is 18.0 Å². The minimum Gasteiger partial charge on any atom is -0.353 e. The number of benzene rings is 1. The number of rotatable bonds is 4. The second kappa shape index (κ2) is 6.41. The average molecular weight is 300 g/mol. The molecule has 0 aliphatic heterocycles. The molecular formula is C19H28N2O. The summed E-state index contributed by atoms with van der Waals surface area (Å²) in [5.41, 5.74) is 8.60. The van der Waals surface area contributed by atoms with Crippen molar-refractivity contribution in [2.75, 3.05) is 0 Å². The van der Waals surface area contributed by atoms with Crippen LogP contribution in [0.5, 0.6) is 0 Å². The maximum Gasteiger partial charge on any atom is 0.223 e. The van der Waals surface area contributed by atoms with E-state index in [1.807, 2.05) is 0 Å². The third-order valence-corrected chi connectivity index (χ3v) is 5.28. The summed E-state index contributed by atoms with van der Waals surface area (Å²) in [4.78, 5) is 12.4. The van der Waals surface area contributed by atoms with Gasteiger partial charge in [-0.25, -0.2) is 0 Å². The fourth-order valence-corrected chi connectivity index (χ4v) is 3.55. The van der Waals surface area contributed by atoms with Gasteiger partial charge in [-0.2, -0.15) is 0 Å². The third-order valence-electron chi connectivity index (χ3n) is 5.28. The van der Waals surface area contributed by atoms with Gasteiger partial charge in [0.25, 0.3) is 0 Å². The summed E-state index contributed by atoms with van der Waals surface area (Å²) in [6.45, 7) is 4.41. The molecule has 1 aromatic carbocycles. The van der Waals surface area contributed by atoms with E-state index in [0.29, 0.717) is 23.9 Å². The number of carbonyl (C=O) groups is 1. The summed E-state index contributed by atoms with van der Waals surface area (Å²) in [6, 6.07) is 9.49. The third kappa shape index (κ3) is 3.52. The highest BCUT2D eigenvalue weighted by Crippen LogP contribution is 2.47. The Morgan fingerprint density at radius 3 is 2.36 bits per heavy atom. The molecule has 3 nitrogen and oxygen atoms in total. The SMILES string of the molecule is CC(C)c1ccc(C2CC2C(=O)NC2CCC(N)CC2)cc1. The second-order valence-electron chi connectivity index (χ2n) is 7.39. The monoisotopic (exact) mass is 300 g/mol. The number of carbonyl (C=O) groups excluding carboxylic acids is 1. The van der Waals surface area contributed by atoms with Gasteiger partial charge in [-0.05, 0) is 55.1 Å². The Morgan fingerprint density at radius 1 is 1.14 bits per heavy atom. The molecule has 2 fully saturated rings. The molecule has 2 unspecified atom stereocenters. The predicted octanol–water partition coefficient (Wildman–Crippen LogP) is 3.30. The molecule has 22 heavy (non-hydrogen) atoms. The fourth-order valence-electron chi connectivity index (χ4n) is 3.55. The molecule has 0 aromatic heterocycles. The first kappa shape index (κ1) is 15.5. The molecule has 3 rings (SSSR count). The number of hydrogen-bond acceptors (Lipinski definition) is 2. The predicted molar refractivity (Wildman–Crippen MR) is 89.8 cm³/mol. The van der Waals surface area contributed by atoms with E-state index < -0.39 is 0 Å². The number of amides is 1. The lowest BCUT2D eigenvalue weighted by Crippen LogP contribution is -2.41. The molecule has 2 aliphatic carbocycles. The Labute approximate surface area is 133 Å². The van der Waals surface area contributed by atoms with Gasteiger partial charge in [0.15, 0.2) is 0 Å². The average Bonchev–Trinajstić information content (AvgIpc) is 3.30. The van der Waals surface area contributed by atoms with Gasteiger partial charge in [0.05, 0.1) is 0 Å². The highest BCUT2D eigenvalue weighted by molar-refractivity contribution is 5.83. The molecule has 1 amide bonds. The van der Waals surface area contributed by atoms with E-state index in [2.05, 4.69) is 43.4 Å². The number of nitrogens with two attached hydrogens (primary N) is 1. The van der Waals surface area contributed by atoms with Gasteiger partial charge in [0.1, 0.15) is 0 Å². The maximum absolute atomic E-state index is 12.4. The van der Waals surface area contributed by atoms with Gasteiger partial charge >= 0.3 is 0 Å². The molecule has 0 saturated heterocycles. The lowest BCUT2D eigenvalue weighted by atomic mass is 9.91. The van der Waals surface area contributed by atoms with Gasteiger partial charge in [-0.1, -0.05) is 38.1 Å². The zero-order valence-electron chi connectivity index (χ0n) is 13.7. The largest absolute Gasteiger partial charge is 0.353 e. The van der Waals surface area contributed by atoms with Crippen LogP contribution < -0.4 is 11.1 Å². The molecule has 1 aromatic rings. The Hall–Kier alpha value is -1.35. The van der Waals surface area contributed by atoms with Crippen LogP contribution in [0.3, 0.4) is 0 Å². The van der Waals surface area contributed by atoms with E-state index in [1.165, 1.54) is 11.1 Å². The summed E-state index contributed by atoms with van der Waals surface area (Å²) in [6.07, 6.45) is 5.14. The molecule has 0 radical (unpaired) electrons. The molecule has 0 heterocycles. The summed E-state index contributed by atoms with van der Waals surface area (Å²) in [5, 5.41) is 3.24. The molecule has 3 N–H and O–H groups in total. The highest BCUT2D eigenvalue weighted by atomic mass is 16.2. The van der Waals surface area contributed by atoms with Gasteiger partial charge in [0.2, 0.25) is 5.91 Å². The Morgan fingerprint density at radius 2 is 1.77 bits per heavy atom. The molecule has 0 spiro atoms. The first-order chi connectivity index (χ1) is 10.5. The van der Waals surface area contributed by atoms with Crippen molar-refractivity contribution in [3.8, 4) is 0 Å². The van der Waals surface area contributed by atoms with Crippen LogP contribution in [0, 0.1) is 5.92 Å². The van der Waals surface area contributed by atoms with E-state index in [9.17, 15) is 4.79 Å². The summed E-state index contributed by atoms with van der Waals surface area (Å²) < 4.78 is 0. The van der Waals surface area contributed by atoms with Crippen molar-refractivity contribution in [2.45, 2.75) is 69.9 Å². The molecule has 2 atom stereocenters. The van der Waals surface area contributed by atoms with Crippen molar-refractivity contribution in [2.24, 2.45) is 11.7 Å². The first-order valence-corrected chi connectivity index (χ1v) is 8.70. The van der Waals surface area contributed by atoms with Crippen LogP contribution in [0.25, 0.3) is 0 Å². The molecule has 120 valence electrons. The van der Waals surface area contributed by atoms with Crippen molar-refractivity contribution in [3.63, 3.8) is 0 Å². The van der Waals surface area contributed by atoms with E-state index >= 15 is 0 Å². The molecule has 3 heteroatoms. The lowest BCUT2D eigenvalue weighted by Gasteiger charge is -2.26. The Kier molecular flexibility index (Phi) is 4.53. The van der Waals surface area contributed by atoms with Crippen molar-refractivity contribution in [3.05, 3.63) is 35.4 Å². The zero-order chi connectivity index (χ0) is 15.7. The van der Waals surface area contributed by atoms with Crippen LogP contribution in [0.4, 0.5) is 0 Å². The van der Waals surface area contributed by atoms with E-state index in [4.69, 9.17) is 5.73 Å². The number of nitrogens with one attached hydrogen (secondary N) is 1. The van der Waals surface area contributed by atoms with Gasteiger partial charge in [0, 0.05) is 18.0 Å². The van der Waals surface area contributed by atoms with Crippen LogP contribution in [0.15, 0.2) is 24.3 Å². The van der Waals surface area contributed by atoms with Crippen molar-refractivity contribution in [1.29, 1.82) is 0 Å².